The maximum atomic E-state index is 5.88. The van der Waals surface area contributed by atoms with E-state index in [2.05, 4.69) is 64.6 Å². The highest BCUT2D eigenvalue weighted by molar-refractivity contribution is 9.10. The number of halogens is 2. The van der Waals surface area contributed by atoms with Gasteiger partial charge in [0.25, 0.3) is 0 Å². The third kappa shape index (κ3) is 3.84. The van der Waals surface area contributed by atoms with Crippen molar-refractivity contribution in [3.05, 3.63) is 69.2 Å². The third-order valence-electron chi connectivity index (χ3n) is 2.90. The fourth-order valence-electron chi connectivity index (χ4n) is 1.74. The molecule has 0 saturated carbocycles. The van der Waals surface area contributed by atoms with Crippen LogP contribution in [-0.4, -0.2) is 0 Å². The smallest absolute Gasteiger partial charge is 0.0406 e. The fourth-order valence-corrected chi connectivity index (χ4v) is 2.13. The van der Waals surface area contributed by atoms with Gasteiger partial charge in [-0.3, -0.25) is 0 Å². The van der Waals surface area contributed by atoms with Crippen LogP contribution in [0.2, 0.25) is 5.02 Å². The van der Waals surface area contributed by atoms with Gasteiger partial charge in [0.15, 0.2) is 0 Å². The molecule has 2 aromatic rings. The summed E-state index contributed by atoms with van der Waals surface area (Å²) in [6.45, 7) is 3.01. The van der Waals surface area contributed by atoms with Gasteiger partial charge in [0.2, 0.25) is 0 Å². The number of hydrogen-bond acceptors (Lipinski definition) is 1. The van der Waals surface area contributed by atoms with E-state index in [1.807, 2.05) is 12.1 Å². The van der Waals surface area contributed by atoms with Crippen LogP contribution in [0.3, 0.4) is 0 Å². The molecule has 3 heteroatoms. The minimum Gasteiger partial charge on any atom is -0.306 e. The van der Waals surface area contributed by atoms with Crippen LogP contribution in [0.5, 0.6) is 0 Å². The van der Waals surface area contributed by atoms with E-state index in [1.54, 1.807) is 0 Å². The minimum absolute atomic E-state index is 0.311. The predicted molar refractivity (Wildman–Crippen MR) is 80.8 cm³/mol. The first-order valence-electron chi connectivity index (χ1n) is 5.88. The molecule has 0 aliphatic heterocycles. The van der Waals surface area contributed by atoms with Crippen LogP contribution in [0.4, 0.5) is 0 Å². The van der Waals surface area contributed by atoms with Gasteiger partial charge in [0, 0.05) is 22.1 Å². The molecule has 0 amide bonds. The molecule has 1 N–H and O–H groups in total. The zero-order valence-electron chi connectivity index (χ0n) is 10.2. The Morgan fingerprint density at radius 3 is 2.28 bits per heavy atom. The van der Waals surface area contributed by atoms with Crippen molar-refractivity contribution in [3.63, 3.8) is 0 Å². The number of rotatable bonds is 4. The molecule has 0 bridgehead atoms. The highest BCUT2D eigenvalue weighted by atomic mass is 79.9. The first-order chi connectivity index (χ1) is 8.65. The van der Waals surface area contributed by atoms with Crippen LogP contribution in [0, 0.1) is 0 Å². The molecule has 0 aliphatic carbocycles. The molecule has 1 atom stereocenters. The van der Waals surface area contributed by atoms with E-state index in [0.29, 0.717) is 6.04 Å². The SMILES string of the molecule is C[C@@H](NCc1ccc(Br)cc1)c1ccc(Cl)cc1. The van der Waals surface area contributed by atoms with Crippen molar-refractivity contribution in [3.8, 4) is 0 Å². The van der Waals surface area contributed by atoms with E-state index < -0.39 is 0 Å². The monoisotopic (exact) mass is 323 g/mol. The Morgan fingerprint density at radius 2 is 1.67 bits per heavy atom. The molecule has 0 unspecified atom stereocenters. The van der Waals surface area contributed by atoms with Gasteiger partial charge < -0.3 is 5.32 Å². The lowest BCUT2D eigenvalue weighted by Crippen LogP contribution is -2.17. The van der Waals surface area contributed by atoms with Crippen LogP contribution in [0.25, 0.3) is 0 Å². The first kappa shape index (κ1) is 13.6. The van der Waals surface area contributed by atoms with E-state index in [4.69, 9.17) is 11.6 Å². The van der Waals surface area contributed by atoms with Gasteiger partial charge in [-0.1, -0.05) is 51.8 Å². The molecule has 18 heavy (non-hydrogen) atoms. The molecule has 0 fully saturated rings. The predicted octanol–water partition coefficient (Wildman–Crippen LogP) is 4.95. The van der Waals surface area contributed by atoms with Crippen molar-refractivity contribution in [2.24, 2.45) is 0 Å². The second-order valence-corrected chi connectivity index (χ2v) is 5.63. The van der Waals surface area contributed by atoms with Gasteiger partial charge in [-0.15, -0.1) is 0 Å². The summed E-state index contributed by atoms with van der Waals surface area (Å²) in [4.78, 5) is 0. The summed E-state index contributed by atoms with van der Waals surface area (Å²) < 4.78 is 1.11. The molecular formula is C15H15BrClN. The zero-order chi connectivity index (χ0) is 13.0. The number of hydrogen-bond donors (Lipinski definition) is 1. The summed E-state index contributed by atoms with van der Waals surface area (Å²) in [6.07, 6.45) is 0. The van der Waals surface area contributed by atoms with Gasteiger partial charge in [0.05, 0.1) is 0 Å². The quantitative estimate of drug-likeness (QED) is 0.838. The number of nitrogens with one attached hydrogen (secondary N) is 1. The number of benzene rings is 2. The van der Waals surface area contributed by atoms with Crippen LogP contribution >= 0.6 is 27.5 Å². The van der Waals surface area contributed by atoms with Crippen LogP contribution < -0.4 is 5.32 Å². The summed E-state index contributed by atoms with van der Waals surface area (Å²) in [5.41, 5.74) is 2.52. The molecule has 0 aliphatic rings. The van der Waals surface area contributed by atoms with Crippen LogP contribution in [0.15, 0.2) is 53.0 Å². The summed E-state index contributed by atoms with van der Waals surface area (Å²) in [7, 11) is 0. The van der Waals surface area contributed by atoms with E-state index in [0.717, 1.165) is 16.0 Å². The van der Waals surface area contributed by atoms with Crippen LogP contribution in [0.1, 0.15) is 24.1 Å². The Morgan fingerprint density at radius 1 is 1.06 bits per heavy atom. The standard InChI is InChI=1S/C15H15BrClN/c1-11(13-4-8-15(17)9-5-13)18-10-12-2-6-14(16)7-3-12/h2-9,11,18H,10H2,1H3/t11-/m1/s1. The molecule has 0 saturated heterocycles. The average molecular weight is 325 g/mol. The lowest BCUT2D eigenvalue weighted by atomic mass is 10.1. The highest BCUT2D eigenvalue weighted by Gasteiger charge is 2.04. The van der Waals surface area contributed by atoms with Gasteiger partial charge in [-0.2, -0.15) is 0 Å². The Hall–Kier alpha value is -0.830. The zero-order valence-corrected chi connectivity index (χ0v) is 12.5. The second kappa shape index (κ2) is 6.37. The summed E-state index contributed by atoms with van der Waals surface area (Å²) in [5.74, 6) is 0. The fraction of sp³-hybridized carbons (Fsp3) is 0.200. The van der Waals surface area contributed by atoms with E-state index >= 15 is 0 Å². The van der Waals surface area contributed by atoms with Crippen molar-refractivity contribution in [2.75, 3.05) is 0 Å². The second-order valence-electron chi connectivity index (χ2n) is 4.28. The van der Waals surface area contributed by atoms with Gasteiger partial charge >= 0.3 is 0 Å². The molecular weight excluding hydrogens is 310 g/mol. The van der Waals surface area contributed by atoms with Crippen molar-refractivity contribution in [2.45, 2.75) is 19.5 Å². The highest BCUT2D eigenvalue weighted by Crippen LogP contribution is 2.17. The molecule has 2 rings (SSSR count). The van der Waals surface area contributed by atoms with Crippen molar-refractivity contribution >= 4 is 27.5 Å². The van der Waals surface area contributed by atoms with Gasteiger partial charge in [0.1, 0.15) is 0 Å². The molecule has 1 nitrogen and oxygen atoms in total. The summed E-state index contributed by atoms with van der Waals surface area (Å²) in [5, 5.41) is 4.27. The lowest BCUT2D eigenvalue weighted by Gasteiger charge is -2.14. The van der Waals surface area contributed by atoms with Crippen molar-refractivity contribution in [1.82, 2.24) is 5.32 Å². The normalized spacial score (nSPS) is 12.4. The topological polar surface area (TPSA) is 12.0 Å². The van der Waals surface area contributed by atoms with E-state index in [1.165, 1.54) is 11.1 Å². The van der Waals surface area contributed by atoms with Crippen molar-refractivity contribution in [1.29, 1.82) is 0 Å². The molecule has 0 spiro atoms. The Balaban J connectivity index is 1.93. The Kier molecular flexibility index (Phi) is 4.81. The van der Waals surface area contributed by atoms with Gasteiger partial charge in [-0.25, -0.2) is 0 Å². The van der Waals surface area contributed by atoms with Crippen LogP contribution in [-0.2, 0) is 6.54 Å². The lowest BCUT2D eigenvalue weighted by molar-refractivity contribution is 0.575. The van der Waals surface area contributed by atoms with E-state index in [-0.39, 0.29) is 0 Å². The van der Waals surface area contributed by atoms with Crippen molar-refractivity contribution < 1.29 is 0 Å². The molecule has 0 radical (unpaired) electrons. The minimum atomic E-state index is 0.311. The largest absolute Gasteiger partial charge is 0.306 e. The average Bonchev–Trinajstić information content (AvgIpc) is 2.38. The van der Waals surface area contributed by atoms with E-state index in [9.17, 15) is 0 Å². The van der Waals surface area contributed by atoms with Gasteiger partial charge in [-0.05, 0) is 42.3 Å². The summed E-state index contributed by atoms with van der Waals surface area (Å²) >= 11 is 9.32. The Labute approximate surface area is 121 Å². The summed E-state index contributed by atoms with van der Waals surface area (Å²) in [6, 6.07) is 16.6. The maximum absolute atomic E-state index is 5.88. The molecule has 0 heterocycles. The third-order valence-corrected chi connectivity index (χ3v) is 3.68. The maximum Gasteiger partial charge on any atom is 0.0406 e. The molecule has 0 aromatic heterocycles. The molecule has 94 valence electrons. The molecule has 2 aromatic carbocycles. The first-order valence-corrected chi connectivity index (χ1v) is 7.05. The Bertz CT molecular complexity index is 493.